The van der Waals surface area contributed by atoms with Gasteiger partial charge >= 0.3 is 0 Å². The number of nitrogens with zero attached hydrogens (tertiary/aromatic N) is 2. The Morgan fingerprint density at radius 1 is 0.533 bits per heavy atom. The van der Waals surface area contributed by atoms with Crippen LogP contribution in [0.1, 0.15) is 55.4 Å². The quantitative estimate of drug-likeness (QED) is 0.627. The molecule has 0 aliphatic heterocycles. The molecule has 0 heterocycles. The molecule has 0 N–H and O–H groups in total. The highest BCUT2D eigenvalue weighted by atomic mass is 15.3. The lowest BCUT2D eigenvalue weighted by molar-refractivity contribution is 0.0401. The molecule has 0 rings (SSSR count). The Bertz CT molecular complexity index is 128. The van der Waals surface area contributed by atoms with Crippen molar-refractivity contribution in [3.8, 4) is 0 Å². The van der Waals surface area contributed by atoms with Crippen LogP contribution in [0.4, 0.5) is 0 Å². The molecule has 2 nitrogen and oxygen atoms in total. The number of hydrogen-bond donors (Lipinski definition) is 0. The second-order valence-corrected chi connectivity index (χ2v) is 5.54. The average Bonchev–Trinajstić information content (AvgIpc) is 2.01. The lowest BCUT2D eigenvalue weighted by Gasteiger charge is -2.39. The molecule has 15 heavy (non-hydrogen) atoms. The summed E-state index contributed by atoms with van der Waals surface area (Å²) in [5.41, 5.74) is 0. The van der Waals surface area contributed by atoms with E-state index in [-0.39, 0.29) is 0 Å². The van der Waals surface area contributed by atoms with Crippen LogP contribution in [0.3, 0.4) is 0 Å². The van der Waals surface area contributed by atoms with E-state index in [2.05, 4.69) is 65.2 Å². The third-order valence-electron chi connectivity index (χ3n) is 2.98. The Labute approximate surface area is 96.6 Å². The van der Waals surface area contributed by atoms with Crippen molar-refractivity contribution >= 4 is 0 Å². The first-order chi connectivity index (χ1) is 6.77. The minimum absolute atomic E-state index is 0.616. The second-order valence-electron chi connectivity index (χ2n) is 5.54. The van der Waals surface area contributed by atoms with Crippen molar-refractivity contribution in [3.05, 3.63) is 0 Å². The summed E-state index contributed by atoms with van der Waals surface area (Å²) >= 11 is 0. The molecule has 0 saturated carbocycles. The molecule has 0 fully saturated rings. The Balaban J connectivity index is 4.48. The fourth-order valence-corrected chi connectivity index (χ4v) is 2.03. The molecule has 92 valence electrons. The zero-order valence-electron chi connectivity index (χ0n) is 11.9. The highest BCUT2D eigenvalue weighted by Gasteiger charge is 2.20. The lowest BCUT2D eigenvalue weighted by atomic mass is 10.2. The van der Waals surface area contributed by atoms with Crippen LogP contribution in [0.2, 0.25) is 0 Å². The summed E-state index contributed by atoms with van der Waals surface area (Å²) < 4.78 is 0. The van der Waals surface area contributed by atoms with Crippen molar-refractivity contribution in [1.82, 2.24) is 9.80 Å². The molecule has 2 heteroatoms. The first-order valence-corrected chi connectivity index (χ1v) is 6.28. The fourth-order valence-electron chi connectivity index (χ4n) is 2.03. The topological polar surface area (TPSA) is 6.48 Å². The average molecular weight is 214 g/mol. The fraction of sp³-hybridized carbons (Fsp3) is 1.00. The maximum Gasteiger partial charge on any atom is 0.0516 e. The lowest BCUT2D eigenvalue weighted by Crippen LogP contribution is -2.49. The maximum atomic E-state index is 2.54. The van der Waals surface area contributed by atoms with Crippen molar-refractivity contribution in [2.75, 3.05) is 6.67 Å². The van der Waals surface area contributed by atoms with Crippen molar-refractivity contribution in [2.45, 2.75) is 79.6 Å². The molecule has 0 aromatic heterocycles. The van der Waals surface area contributed by atoms with Crippen LogP contribution in [-0.2, 0) is 0 Å². The predicted octanol–water partition coefficient (Wildman–Crippen LogP) is 3.18. The minimum atomic E-state index is 0.616. The van der Waals surface area contributed by atoms with Crippen LogP contribution in [0, 0.1) is 0 Å². The van der Waals surface area contributed by atoms with Gasteiger partial charge in [-0.05, 0) is 55.4 Å². The summed E-state index contributed by atoms with van der Waals surface area (Å²) in [6.45, 7) is 19.3. The molecule has 0 spiro atoms. The smallest absolute Gasteiger partial charge is 0.0516 e. The second kappa shape index (κ2) is 6.49. The summed E-state index contributed by atoms with van der Waals surface area (Å²) in [6.07, 6.45) is 0. The molecule has 0 atom stereocenters. The Morgan fingerprint density at radius 2 is 0.733 bits per heavy atom. The summed E-state index contributed by atoms with van der Waals surface area (Å²) in [5, 5.41) is 0. The highest BCUT2D eigenvalue weighted by Crippen LogP contribution is 2.11. The van der Waals surface area contributed by atoms with E-state index in [1.807, 2.05) is 0 Å². The van der Waals surface area contributed by atoms with Crippen LogP contribution in [0.5, 0.6) is 0 Å². The third-order valence-corrected chi connectivity index (χ3v) is 2.98. The van der Waals surface area contributed by atoms with E-state index in [9.17, 15) is 0 Å². The highest BCUT2D eigenvalue weighted by molar-refractivity contribution is 4.72. The maximum absolute atomic E-state index is 2.54. The molecule has 0 unspecified atom stereocenters. The van der Waals surface area contributed by atoms with E-state index < -0.39 is 0 Å². The Morgan fingerprint density at radius 3 is 0.867 bits per heavy atom. The molecule has 0 aliphatic rings. The zero-order valence-corrected chi connectivity index (χ0v) is 11.9. The third kappa shape index (κ3) is 4.98. The Hall–Kier alpha value is -0.0800. The molecule has 0 aromatic rings. The zero-order chi connectivity index (χ0) is 12.2. The monoisotopic (exact) mass is 214 g/mol. The van der Waals surface area contributed by atoms with Crippen LogP contribution in [0.25, 0.3) is 0 Å². The molecule has 0 bridgehead atoms. The summed E-state index contributed by atoms with van der Waals surface area (Å²) in [4.78, 5) is 5.08. The van der Waals surface area contributed by atoms with E-state index >= 15 is 0 Å². The normalized spacial score (nSPS) is 13.2. The van der Waals surface area contributed by atoms with Gasteiger partial charge < -0.3 is 0 Å². The van der Waals surface area contributed by atoms with E-state index in [1.165, 1.54) is 0 Å². The van der Waals surface area contributed by atoms with Crippen LogP contribution < -0.4 is 0 Å². The van der Waals surface area contributed by atoms with Gasteiger partial charge in [-0.2, -0.15) is 0 Å². The van der Waals surface area contributed by atoms with Gasteiger partial charge in [-0.3, -0.25) is 9.80 Å². The van der Waals surface area contributed by atoms with Crippen molar-refractivity contribution in [3.63, 3.8) is 0 Å². The van der Waals surface area contributed by atoms with Gasteiger partial charge in [0.2, 0.25) is 0 Å². The van der Waals surface area contributed by atoms with Gasteiger partial charge in [-0.15, -0.1) is 0 Å². The summed E-state index contributed by atoms with van der Waals surface area (Å²) in [5.74, 6) is 0. The van der Waals surface area contributed by atoms with Gasteiger partial charge in [0.25, 0.3) is 0 Å². The van der Waals surface area contributed by atoms with Gasteiger partial charge in [0, 0.05) is 24.2 Å². The van der Waals surface area contributed by atoms with Crippen LogP contribution in [0.15, 0.2) is 0 Å². The van der Waals surface area contributed by atoms with Gasteiger partial charge in [-0.25, -0.2) is 0 Å². The largest absolute Gasteiger partial charge is 0.286 e. The molecule has 0 amide bonds. The first kappa shape index (κ1) is 14.9. The van der Waals surface area contributed by atoms with Gasteiger partial charge in [-0.1, -0.05) is 0 Å². The molecule has 0 aromatic carbocycles. The number of rotatable bonds is 6. The predicted molar refractivity (Wildman–Crippen MR) is 69.1 cm³/mol. The van der Waals surface area contributed by atoms with E-state index in [4.69, 9.17) is 0 Å². The standard InChI is InChI=1S/C13H30N2/c1-10(2)14(11(3)4)9-15(12(5)6)13(7)8/h10-13H,9H2,1-8H3. The summed E-state index contributed by atoms with van der Waals surface area (Å²) in [7, 11) is 0. The van der Waals surface area contributed by atoms with Gasteiger partial charge in [0.15, 0.2) is 0 Å². The number of hydrogen-bond acceptors (Lipinski definition) is 2. The minimum Gasteiger partial charge on any atom is -0.286 e. The van der Waals surface area contributed by atoms with Crippen LogP contribution >= 0.6 is 0 Å². The molecule has 0 saturated heterocycles. The molecular formula is C13H30N2. The molecule has 0 aliphatic carbocycles. The van der Waals surface area contributed by atoms with Crippen LogP contribution in [-0.4, -0.2) is 40.6 Å². The molecular weight excluding hydrogens is 184 g/mol. The Kier molecular flexibility index (Phi) is 6.46. The van der Waals surface area contributed by atoms with Gasteiger partial charge in [0.1, 0.15) is 0 Å². The van der Waals surface area contributed by atoms with E-state index in [0.29, 0.717) is 24.2 Å². The van der Waals surface area contributed by atoms with E-state index in [1.54, 1.807) is 0 Å². The van der Waals surface area contributed by atoms with E-state index in [0.717, 1.165) is 6.67 Å². The SMILES string of the molecule is CC(C)N(CN(C(C)C)C(C)C)C(C)C. The van der Waals surface area contributed by atoms with Crippen molar-refractivity contribution in [2.24, 2.45) is 0 Å². The van der Waals surface area contributed by atoms with Crippen molar-refractivity contribution < 1.29 is 0 Å². The summed E-state index contributed by atoms with van der Waals surface area (Å²) in [6, 6.07) is 2.46. The molecule has 0 radical (unpaired) electrons. The van der Waals surface area contributed by atoms with Gasteiger partial charge in [0.05, 0.1) is 6.67 Å². The van der Waals surface area contributed by atoms with Crippen molar-refractivity contribution in [1.29, 1.82) is 0 Å². The first-order valence-electron chi connectivity index (χ1n) is 6.28.